The van der Waals surface area contributed by atoms with Gasteiger partial charge in [-0.1, -0.05) is 29.3 Å². The number of nitrogens with zero attached hydrogens (tertiary/aromatic N) is 1. The molecule has 0 saturated carbocycles. The Morgan fingerprint density at radius 3 is 2.68 bits per heavy atom. The summed E-state index contributed by atoms with van der Waals surface area (Å²) in [6.45, 7) is 4.69. The normalized spacial score (nSPS) is 21.2. The highest BCUT2D eigenvalue weighted by molar-refractivity contribution is 6.42. The summed E-state index contributed by atoms with van der Waals surface area (Å²) in [5.41, 5.74) is 6.77. The molecule has 1 aromatic carbocycles. The molecule has 1 aliphatic heterocycles. The van der Waals surface area contributed by atoms with Crippen LogP contribution in [0.3, 0.4) is 0 Å². The number of hydrogen-bond donors (Lipinski definition) is 1. The van der Waals surface area contributed by atoms with Crippen LogP contribution in [0.2, 0.25) is 10.0 Å². The van der Waals surface area contributed by atoms with Gasteiger partial charge in [-0.2, -0.15) is 0 Å². The van der Waals surface area contributed by atoms with Gasteiger partial charge < -0.3 is 5.73 Å². The minimum Gasteiger partial charge on any atom is -0.328 e. The minimum absolute atomic E-state index is 0. The molecule has 19 heavy (non-hydrogen) atoms. The van der Waals surface area contributed by atoms with Crippen molar-refractivity contribution < 1.29 is 4.39 Å². The maximum Gasteiger partial charge on any atom is 0.143 e. The minimum atomic E-state index is -0.472. The average Bonchev–Trinajstić information content (AvgIpc) is 2.79. The molecular formula is C13H18Cl3FN2. The molecule has 0 aromatic heterocycles. The largest absolute Gasteiger partial charge is 0.328 e. The van der Waals surface area contributed by atoms with Gasteiger partial charge in [0.25, 0.3) is 0 Å². The summed E-state index contributed by atoms with van der Waals surface area (Å²) >= 11 is 11.9. The van der Waals surface area contributed by atoms with Gasteiger partial charge >= 0.3 is 0 Å². The summed E-state index contributed by atoms with van der Waals surface area (Å²) < 4.78 is 13.2. The third-order valence-corrected chi connectivity index (χ3v) is 4.46. The van der Waals surface area contributed by atoms with E-state index in [1.165, 1.54) is 6.07 Å². The van der Waals surface area contributed by atoms with Crippen LogP contribution in [0.1, 0.15) is 18.9 Å². The van der Waals surface area contributed by atoms with E-state index in [-0.39, 0.29) is 23.5 Å². The van der Waals surface area contributed by atoms with Gasteiger partial charge in [0, 0.05) is 19.1 Å². The lowest BCUT2D eigenvalue weighted by Gasteiger charge is -2.18. The molecule has 2 nitrogen and oxygen atoms in total. The molecule has 1 heterocycles. The molecule has 1 fully saturated rings. The molecule has 2 atom stereocenters. The molecule has 108 valence electrons. The number of rotatable bonds is 3. The first-order chi connectivity index (χ1) is 8.49. The smallest absolute Gasteiger partial charge is 0.143 e. The van der Waals surface area contributed by atoms with Crippen LogP contribution in [0.25, 0.3) is 0 Å². The molecule has 1 aromatic rings. The molecule has 0 amide bonds. The highest BCUT2D eigenvalue weighted by Crippen LogP contribution is 2.30. The van der Waals surface area contributed by atoms with Crippen molar-refractivity contribution in [3.05, 3.63) is 33.6 Å². The van der Waals surface area contributed by atoms with Gasteiger partial charge in [0.1, 0.15) is 5.82 Å². The second kappa shape index (κ2) is 7.09. The Kier molecular flexibility index (Phi) is 6.34. The number of benzene rings is 1. The molecular weight excluding hydrogens is 310 g/mol. The zero-order valence-corrected chi connectivity index (χ0v) is 13.0. The van der Waals surface area contributed by atoms with Crippen molar-refractivity contribution >= 4 is 35.6 Å². The van der Waals surface area contributed by atoms with Gasteiger partial charge in [0.05, 0.1) is 10.0 Å². The summed E-state index contributed by atoms with van der Waals surface area (Å²) in [6.07, 6.45) is 1.10. The van der Waals surface area contributed by atoms with E-state index in [4.69, 9.17) is 28.9 Å². The number of hydrogen-bond acceptors (Lipinski definition) is 2. The Labute approximate surface area is 129 Å². The first-order valence-electron chi connectivity index (χ1n) is 6.09. The van der Waals surface area contributed by atoms with Crippen molar-refractivity contribution in [1.29, 1.82) is 0 Å². The SMILES string of the molecule is CC(N)C1CCN(Cc2ccc(F)c(Cl)c2Cl)C1.Cl. The fourth-order valence-corrected chi connectivity index (χ4v) is 2.76. The van der Waals surface area contributed by atoms with Crippen molar-refractivity contribution in [1.82, 2.24) is 4.90 Å². The van der Waals surface area contributed by atoms with Crippen LogP contribution < -0.4 is 5.73 Å². The highest BCUT2D eigenvalue weighted by Gasteiger charge is 2.25. The standard InChI is InChI=1S/C13H17Cl2FN2.ClH/c1-8(17)9-4-5-18(6-9)7-10-2-3-11(16)13(15)12(10)14;/h2-3,8-9H,4-7,17H2,1H3;1H. The number of likely N-dealkylation sites (tertiary alicyclic amines) is 1. The summed E-state index contributed by atoms with van der Waals surface area (Å²) in [6, 6.07) is 3.27. The van der Waals surface area contributed by atoms with Crippen LogP contribution in [0.5, 0.6) is 0 Å². The molecule has 0 bridgehead atoms. The van der Waals surface area contributed by atoms with Crippen LogP contribution in [0, 0.1) is 11.7 Å². The van der Waals surface area contributed by atoms with E-state index in [0.29, 0.717) is 17.5 Å². The summed E-state index contributed by atoms with van der Waals surface area (Å²) in [7, 11) is 0. The quantitative estimate of drug-likeness (QED) is 0.857. The molecule has 0 aliphatic carbocycles. The van der Waals surface area contributed by atoms with Gasteiger partial charge in [-0.15, -0.1) is 12.4 Å². The zero-order valence-electron chi connectivity index (χ0n) is 10.7. The van der Waals surface area contributed by atoms with E-state index in [1.807, 2.05) is 6.92 Å². The van der Waals surface area contributed by atoms with Gasteiger partial charge in [0.15, 0.2) is 0 Å². The zero-order chi connectivity index (χ0) is 13.3. The third-order valence-electron chi connectivity index (χ3n) is 3.56. The van der Waals surface area contributed by atoms with Gasteiger partial charge in [0.2, 0.25) is 0 Å². The van der Waals surface area contributed by atoms with Crippen molar-refractivity contribution in [2.24, 2.45) is 11.7 Å². The van der Waals surface area contributed by atoms with Crippen LogP contribution >= 0.6 is 35.6 Å². The topological polar surface area (TPSA) is 29.3 Å². The molecule has 0 spiro atoms. The average molecular weight is 328 g/mol. The van der Waals surface area contributed by atoms with Crippen LogP contribution in [0.4, 0.5) is 4.39 Å². The third kappa shape index (κ3) is 3.96. The lowest BCUT2D eigenvalue weighted by atomic mass is 10.0. The fraction of sp³-hybridized carbons (Fsp3) is 0.538. The first-order valence-corrected chi connectivity index (χ1v) is 6.85. The number of nitrogens with two attached hydrogens (primary N) is 1. The van der Waals surface area contributed by atoms with E-state index < -0.39 is 5.82 Å². The predicted octanol–water partition coefficient (Wildman–Crippen LogP) is 3.72. The van der Waals surface area contributed by atoms with Crippen molar-refractivity contribution in [3.63, 3.8) is 0 Å². The van der Waals surface area contributed by atoms with E-state index in [1.54, 1.807) is 6.07 Å². The molecule has 1 saturated heterocycles. The van der Waals surface area contributed by atoms with Crippen LogP contribution in [0.15, 0.2) is 12.1 Å². The lowest BCUT2D eigenvalue weighted by molar-refractivity contribution is 0.308. The molecule has 1 aliphatic rings. The molecule has 0 radical (unpaired) electrons. The fourth-order valence-electron chi connectivity index (χ4n) is 2.36. The molecule has 2 rings (SSSR count). The van der Waals surface area contributed by atoms with Gasteiger partial charge in [-0.3, -0.25) is 4.90 Å². The van der Waals surface area contributed by atoms with Gasteiger partial charge in [-0.05, 0) is 37.4 Å². The Bertz CT molecular complexity index is 440. The van der Waals surface area contributed by atoms with Crippen molar-refractivity contribution in [2.75, 3.05) is 13.1 Å². The number of halogens is 4. The first kappa shape index (κ1) is 17.0. The van der Waals surface area contributed by atoms with Gasteiger partial charge in [-0.25, -0.2) is 4.39 Å². The molecule has 2 N–H and O–H groups in total. The van der Waals surface area contributed by atoms with Crippen LogP contribution in [-0.2, 0) is 6.54 Å². The monoisotopic (exact) mass is 326 g/mol. The Morgan fingerprint density at radius 1 is 1.42 bits per heavy atom. The summed E-state index contributed by atoms with van der Waals surface area (Å²) in [4.78, 5) is 2.28. The van der Waals surface area contributed by atoms with Crippen molar-refractivity contribution in [2.45, 2.75) is 25.9 Å². The van der Waals surface area contributed by atoms with E-state index in [9.17, 15) is 4.39 Å². The lowest BCUT2D eigenvalue weighted by Crippen LogP contribution is -2.29. The maximum atomic E-state index is 13.2. The Balaban J connectivity index is 0.00000180. The summed E-state index contributed by atoms with van der Waals surface area (Å²) in [5, 5.41) is 0.332. The Hall–Kier alpha value is -0.0600. The van der Waals surface area contributed by atoms with E-state index in [0.717, 1.165) is 25.1 Å². The van der Waals surface area contributed by atoms with E-state index >= 15 is 0 Å². The van der Waals surface area contributed by atoms with Crippen LogP contribution in [-0.4, -0.2) is 24.0 Å². The molecule has 6 heteroatoms. The Morgan fingerprint density at radius 2 is 2.11 bits per heavy atom. The summed E-state index contributed by atoms with van der Waals surface area (Å²) in [5.74, 6) is 0.0555. The highest BCUT2D eigenvalue weighted by atomic mass is 35.5. The van der Waals surface area contributed by atoms with Crippen molar-refractivity contribution in [3.8, 4) is 0 Å². The van der Waals surface area contributed by atoms with E-state index in [2.05, 4.69) is 4.90 Å². The second-order valence-electron chi connectivity index (χ2n) is 4.98. The maximum absolute atomic E-state index is 13.2. The predicted molar refractivity (Wildman–Crippen MR) is 80.7 cm³/mol. The molecule has 2 unspecified atom stereocenters. The second-order valence-corrected chi connectivity index (χ2v) is 5.73.